The van der Waals surface area contributed by atoms with Crippen molar-refractivity contribution in [3.63, 3.8) is 0 Å². The Kier molecular flexibility index (Phi) is 6.19. The van der Waals surface area contributed by atoms with E-state index in [-0.39, 0.29) is 12.4 Å². The van der Waals surface area contributed by atoms with Crippen LogP contribution in [0, 0.1) is 6.92 Å². The fourth-order valence-corrected chi connectivity index (χ4v) is 2.70. The summed E-state index contributed by atoms with van der Waals surface area (Å²) in [5, 5.41) is 2.77. The number of hydrogen-bond acceptors (Lipinski definition) is 6. The molecule has 3 rings (SSSR count). The number of carbonyl (C=O) groups is 2. The Morgan fingerprint density at radius 3 is 2.45 bits per heavy atom. The number of furan rings is 1. The highest BCUT2D eigenvalue weighted by molar-refractivity contribution is 6.03. The molecule has 7 heteroatoms. The van der Waals surface area contributed by atoms with Crippen LogP contribution >= 0.6 is 0 Å². The van der Waals surface area contributed by atoms with E-state index in [0.29, 0.717) is 28.5 Å². The summed E-state index contributed by atoms with van der Waals surface area (Å²) in [7, 11) is 2.89. The van der Waals surface area contributed by atoms with Gasteiger partial charge < -0.3 is 23.9 Å². The normalized spacial score (nSPS) is 10.3. The molecule has 0 aliphatic heterocycles. The fraction of sp³-hybridized carbons (Fsp3) is 0.182. The van der Waals surface area contributed by atoms with Crippen LogP contribution in [0.1, 0.15) is 32.2 Å². The van der Waals surface area contributed by atoms with Crippen LogP contribution in [-0.4, -0.2) is 26.1 Å². The van der Waals surface area contributed by atoms with Gasteiger partial charge in [0, 0.05) is 5.69 Å². The van der Waals surface area contributed by atoms with Crippen LogP contribution < -0.4 is 14.8 Å². The summed E-state index contributed by atoms with van der Waals surface area (Å²) in [6.45, 7) is 1.94. The van der Waals surface area contributed by atoms with Crippen molar-refractivity contribution in [2.75, 3.05) is 19.5 Å². The quantitative estimate of drug-likeness (QED) is 0.603. The summed E-state index contributed by atoms with van der Waals surface area (Å²) in [6, 6.07) is 15.4. The largest absolute Gasteiger partial charge is 0.493 e. The van der Waals surface area contributed by atoms with E-state index < -0.39 is 11.9 Å². The van der Waals surface area contributed by atoms with Gasteiger partial charge in [-0.15, -0.1) is 0 Å². The number of rotatable bonds is 7. The van der Waals surface area contributed by atoms with Gasteiger partial charge in [-0.05, 0) is 55.0 Å². The zero-order valence-corrected chi connectivity index (χ0v) is 16.4. The molecular formula is C22H21NO6. The molecule has 0 bridgehead atoms. The van der Waals surface area contributed by atoms with E-state index in [1.54, 1.807) is 56.5 Å². The van der Waals surface area contributed by atoms with Crippen LogP contribution in [0.2, 0.25) is 0 Å². The molecule has 0 radical (unpaired) electrons. The predicted octanol–water partition coefficient (Wildman–Crippen LogP) is 4.21. The van der Waals surface area contributed by atoms with E-state index in [9.17, 15) is 9.59 Å². The molecule has 0 aliphatic carbocycles. The number of amides is 1. The fourth-order valence-electron chi connectivity index (χ4n) is 2.70. The van der Waals surface area contributed by atoms with E-state index in [4.69, 9.17) is 18.6 Å². The van der Waals surface area contributed by atoms with Gasteiger partial charge in [0.1, 0.15) is 12.4 Å². The number of hydrogen-bond donors (Lipinski definition) is 1. The number of benzene rings is 2. The van der Waals surface area contributed by atoms with Crippen LogP contribution in [0.15, 0.2) is 59.0 Å². The predicted molar refractivity (Wildman–Crippen MR) is 107 cm³/mol. The molecule has 1 aromatic heterocycles. The Labute approximate surface area is 168 Å². The number of ether oxygens (including phenoxy) is 3. The lowest BCUT2D eigenvalue weighted by molar-refractivity contribution is 0.0600. The van der Waals surface area contributed by atoms with Gasteiger partial charge in [0.25, 0.3) is 5.91 Å². The zero-order valence-electron chi connectivity index (χ0n) is 16.4. The molecule has 0 saturated carbocycles. The number of carbonyl (C=O) groups excluding carboxylic acids is 2. The minimum Gasteiger partial charge on any atom is -0.493 e. The first-order chi connectivity index (χ1) is 14.0. The van der Waals surface area contributed by atoms with E-state index in [1.807, 2.05) is 12.1 Å². The number of esters is 1. The third-order valence-electron chi connectivity index (χ3n) is 4.22. The maximum absolute atomic E-state index is 12.5. The number of aryl methyl sites for hydroxylation is 1. The Hall–Kier alpha value is -3.74. The number of nitrogens with one attached hydrogen (secondary N) is 1. The van der Waals surface area contributed by atoms with Gasteiger partial charge in [0.2, 0.25) is 0 Å². The first-order valence-electron chi connectivity index (χ1n) is 8.86. The second-order valence-corrected chi connectivity index (χ2v) is 6.18. The third kappa shape index (κ3) is 4.76. The van der Waals surface area contributed by atoms with Gasteiger partial charge in [-0.1, -0.05) is 12.1 Å². The van der Waals surface area contributed by atoms with Crippen molar-refractivity contribution in [1.29, 1.82) is 0 Å². The molecule has 29 heavy (non-hydrogen) atoms. The van der Waals surface area contributed by atoms with E-state index >= 15 is 0 Å². The first kappa shape index (κ1) is 20.0. The standard InChI is InChI=1S/C22H21NO6/c1-14-12-15(22(25)27-3)8-10-17(14)23-21(24)20-11-9-16(29-20)13-28-19-7-5-4-6-18(19)26-2/h4-12H,13H2,1-3H3,(H,23,24). The summed E-state index contributed by atoms with van der Waals surface area (Å²) >= 11 is 0. The van der Waals surface area contributed by atoms with Gasteiger partial charge >= 0.3 is 5.97 Å². The van der Waals surface area contributed by atoms with Gasteiger partial charge in [0.05, 0.1) is 19.8 Å². The average Bonchev–Trinajstić information content (AvgIpc) is 3.22. The van der Waals surface area contributed by atoms with Crippen molar-refractivity contribution in [3.05, 3.63) is 77.2 Å². The molecule has 7 nitrogen and oxygen atoms in total. The summed E-state index contributed by atoms with van der Waals surface area (Å²) in [4.78, 5) is 24.1. The number of para-hydroxylation sites is 2. The molecule has 1 N–H and O–H groups in total. The smallest absolute Gasteiger partial charge is 0.337 e. The van der Waals surface area contributed by atoms with Gasteiger partial charge in [-0.25, -0.2) is 4.79 Å². The maximum Gasteiger partial charge on any atom is 0.337 e. The van der Waals surface area contributed by atoms with Crippen molar-refractivity contribution < 1.29 is 28.2 Å². The highest BCUT2D eigenvalue weighted by Gasteiger charge is 2.15. The van der Waals surface area contributed by atoms with Crippen molar-refractivity contribution in [2.45, 2.75) is 13.5 Å². The molecule has 2 aromatic carbocycles. The lowest BCUT2D eigenvalue weighted by atomic mass is 10.1. The Morgan fingerprint density at radius 1 is 1.00 bits per heavy atom. The molecule has 1 heterocycles. The zero-order chi connectivity index (χ0) is 20.8. The molecule has 0 unspecified atom stereocenters. The molecule has 150 valence electrons. The maximum atomic E-state index is 12.5. The molecule has 0 spiro atoms. The topological polar surface area (TPSA) is 87.0 Å². The minimum atomic E-state index is -0.434. The van der Waals surface area contributed by atoms with Crippen LogP contribution in [0.4, 0.5) is 5.69 Å². The highest BCUT2D eigenvalue weighted by Crippen LogP contribution is 2.27. The van der Waals surface area contributed by atoms with E-state index in [1.165, 1.54) is 7.11 Å². The van der Waals surface area contributed by atoms with Crippen molar-refractivity contribution in [1.82, 2.24) is 0 Å². The lowest BCUT2D eigenvalue weighted by Crippen LogP contribution is -2.12. The van der Waals surface area contributed by atoms with Crippen LogP contribution in [0.25, 0.3) is 0 Å². The SMILES string of the molecule is COC(=O)c1ccc(NC(=O)c2ccc(COc3ccccc3OC)o2)c(C)c1. The first-order valence-corrected chi connectivity index (χ1v) is 8.86. The van der Waals surface area contributed by atoms with Crippen molar-refractivity contribution in [2.24, 2.45) is 0 Å². The Balaban J connectivity index is 1.64. The van der Waals surface area contributed by atoms with E-state index in [2.05, 4.69) is 5.32 Å². The molecule has 0 saturated heterocycles. The van der Waals surface area contributed by atoms with Crippen molar-refractivity contribution >= 4 is 17.6 Å². The third-order valence-corrected chi connectivity index (χ3v) is 4.22. The van der Waals surface area contributed by atoms with Crippen LogP contribution in [0.3, 0.4) is 0 Å². The van der Waals surface area contributed by atoms with Crippen molar-refractivity contribution in [3.8, 4) is 11.5 Å². The van der Waals surface area contributed by atoms with Gasteiger partial charge in [0.15, 0.2) is 17.3 Å². The monoisotopic (exact) mass is 395 g/mol. The molecule has 3 aromatic rings. The summed E-state index contributed by atoms with van der Waals surface area (Å²) in [5.74, 6) is 1.01. The average molecular weight is 395 g/mol. The minimum absolute atomic E-state index is 0.153. The van der Waals surface area contributed by atoms with Gasteiger partial charge in [-0.2, -0.15) is 0 Å². The molecule has 1 amide bonds. The molecule has 0 atom stereocenters. The lowest BCUT2D eigenvalue weighted by Gasteiger charge is -2.09. The molecular weight excluding hydrogens is 374 g/mol. The second-order valence-electron chi connectivity index (χ2n) is 6.18. The molecule has 0 aliphatic rings. The summed E-state index contributed by atoms with van der Waals surface area (Å²) in [6.07, 6.45) is 0. The van der Waals surface area contributed by atoms with Crippen LogP contribution in [-0.2, 0) is 11.3 Å². The van der Waals surface area contributed by atoms with Crippen LogP contribution in [0.5, 0.6) is 11.5 Å². The van der Waals surface area contributed by atoms with Gasteiger partial charge in [-0.3, -0.25) is 4.79 Å². The number of methoxy groups -OCH3 is 2. The second kappa shape index (κ2) is 8.97. The summed E-state index contributed by atoms with van der Waals surface area (Å²) in [5.41, 5.74) is 1.72. The number of anilines is 1. The van der Waals surface area contributed by atoms with E-state index in [0.717, 1.165) is 5.56 Å². The Morgan fingerprint density at radius 2 is 1.76 bits per heavy atom. The highest BCUT2D eigenvalue weighted by atomic mass is 16.5. The molecule has 0 fully saturated rings. The summed E-state index contributed by atoms with van der Waals surface area (Å²) < 4.78 is 21.2. The Bertz CT molecular complexity index is 1020.